The van der Waals surface area contributed by atoms with Gasteiger partial charge in [0.25, 0.3) is 0 Å². The molecule has 0 radical (unpaired) electrons. The van der Waals surface area contributed by atoms with Crippen LogP contribution in [0.25, 0.3) is 21.5 Å². The van der Waals surface area contributed by atoms with Crippen molar-refractivity contribution in [2.75, 3.05) is 32.8 Å². The highest BCUT2D eigenvalue weighted by atomic mass is 16.5. The molecule has 0 aromatic heterocycles. The zero-order valence-electron chi connectivity index (χ0n) is 13.1. The first-order valence-electron chi connectivity index (χ1n) is 8.11. The molecule has 1 heterocycles. The quantitative estimate of drug-likeness (QED) is 0.502. The second-order valence-electron chi connectivity index (χ2n) is 5.88. The van der Waals surface area contributed by atoms with Gasteiger partial charge in [-0.1, -0.05) is 60.4 Å². The van der Waals surface area contributed by atoms with Gasteiger partial charge in [0, 0.05) is 18.7 Å². The smallest absolute Gasteiger partial charge is 0.0606 e. The van der Waals surface area contributed by atoms with E-state index in [4.69, 9.17) is 4.74 Å². The average Bonchev–Trinajstić information content (AvgIpc) is 2.63. The lowest BCUT2D eigenvalue weighted by Crippen LogP contribution is -2.36. The number of rotatable bonds is 1. The van der Waals surface area contributed by atoms with Gasteiger partial charge in [0.1, 0.15) is 0 Å². The van der Waals surface area contributed by atoms with Crippen molar-refractivity contribution in [2.45, 2.75) is 0 Å². The molecule has 0 amide bonds. The van der Waals surface area contributed by atoms with Crippen LogP contribution in [0.1, 0.15) is 5.56 Å². The molecule has 114 valence electrons. The summed E-state index contributed by atoms with van der Waals surface area (Å²) < 4.78 is 5.38. The van der Waals surface area contributed by atoms with Crippen LogP contribution in [0.2, 0.25) is 0 Å². The lowest BCUT2D eigenvalue weighted by molar-refractivity contribution is 0.0443. The van der Waals surface area contributed by atoms with E-state index in [1.54, 1.807) is 0 Å². The van der Waals surface area contributed by atoms with E-state index >= 15 is 0 Å². The predicted molar refractivity (Wildman–Crippen MR) is 95.6 cm³/mol. The summed E-state index contributed by atoms with van der Waals surface area (Å²) in [6.07, 6.45) is 0. The summed E-state index contributed by atoms with van der Waals surface area (Å²) in [7, 11) is 0. The molecule has 2 heteroatoms. The summed E-state index contributed by atoms with van der Waals surface area (Å²) >= 11 is 0. The molecule has 0 aliphatic carbocycles. The third kappa shape index (κ3) is 2.94. The first kappa shape index (κ1) is 14.3. The maximum absolute atomic E-state index is 5.38. The van der Waals surface area contributed by atoms with E-state index in [2.05, 4.69) is 71.3 Å². The Bertz CT molecular complexity index is 898. The number of fused-ring (bicyclic) bond motifs is 3. The third-order valence-electron chi connectivity index (χ3n) is 4.40. The lowest BCUT2D eigenvalue weighted by atomic mass is 9.97. The van der Waals surface area contributed by atoms with Gasteiger partial charge in [-0.2, -0.15) is 0 Å². The van der Waals surface area contributed by atoms with Gasteiger partial charge in [-0.25, -0.2) is 0 Å². The molecular weight excluding hydrogens is 282 g/mol. The molecule has 0 saturated carbocycles. The molecule has 1 aliphatic rings. The van der Waals surface area contributed by atoms with Gasteiger partial charge in [-0.05, 0) is 27.6 Å². The zero-order chi connectivity index (χ0) is 15.5. The maximum Gasteiger partial charge on any atom is 0.0606 e. The van der Waals surface area contributed by atoms with Crippen molar-refractivity contribution in [3.63, 3.8) is 0 Å². The summed E-state index contributed by atoms with van der Waals surface area (Å²) in [5.41, 5.74) is 1.12. The Balaban J connectivity index is 1.73. The second kappa shape index (κ2) is 6.42. The van der Waals surface area contributed by atoms with Gasteiger partial charge in [-0.15, -0.1) is 0 Å². The lowest BCUT2D eigenvalue weighted by Gasteiger charge is -2.24. The number of morpholine rings is 1. The number of nitrogens with zero attached hydrogens (tertiary/aromatic N) is 1. The molecule has 3 aromatic rings. The van der Waals surface area contributed by atoms with Crippen LogP contribution in [0.15, 0.2) is 54.6 Å². The van der Waals surface area contributed by atoms with Crippen molar-refractivity contribution < 1.29 is 4.74 Å². The van der Waals surface area contributed by atoms with Crippen molar-refractivity contribution in [1.29, 1.82) is 0 Å². The van der Waals surface area contributed by atoms with Crippen molar-refractivity contribution in [3.8, 4) is 11.8 Å². The Kier molecular flexibility index (Phi) is 3.98. The van der Waals surface area contributed by atoms with Gasteiger partial charge in [0.2, 0.25) is 0 Å². The van der Waals surface area contributed by atoms with Gasteiger partial charge in [-0.3, -0.25) is 4.90 Å². The summed E-state index contributed by atoms with van der Waals surface area (Å²) in [5.74, 6) is 6.74. The second-order valence-corrected chi connectivity index (χ2v) is 5.88. The molecular formula is C21H19NO. The number of hydrogen-bond acceptors (Lipinski definition) is 2. The van der Waals surface area contributed by atoms with Crippen LogP contribution >= 0.6 is 0 Å². The molecule has 23 heavy (non-hydrogen) atoms. The highest BCUT2D eigenvalue weighted by Crippen LogP contribution is 2.28. The largest absolute Gasteiger partial charge is 0.379 e. The van der Waals surface area contributed by atoms with Gasteiger partial charge < -0.3 is 4.74 Å². The minimum absolute atomic E-state index is 0.810. The van der Waals surface area contributed by atoms with Gasteiger partial charge in [0.15, 0.2) is 0 Å². The molecule has 1 saturated heterocycles. The number of hydrogen-bond donors (Lipinski definition) is 0. The molecule has 2 nitrogen and oxygen atoms in total. The summed E-state index contributed by atoms with van der Waals surface area (Å²) in [6, 6.07) is 19.3. The van der Waals surface area contributed by atoms with Crippen molar-refractivity contribution >= 4 is 21.5 Å². The van der Waals surface area contributed by atoms with E-state index < -0.39 is 0 Å². The predicted octanol–water partition coefficient (Wildman–Crippen LogP) is 3.68. The molecule has 1 fully saturated rings. The minimum Gasteiger partial charge on any atom is -0.379 e. The molecule has 3 aromatic carbocycles. The SMILES string of the molecule is C(#Cc1cc2ccccc2c2ccccc12)CN1CCOCC1. The molecule has 0 bridgehead atoms. The Morgan fingerprint density at radius 3 is 2.39 bits per heavy atom. The average molecular weight is 301 g/mol. The van der Waals surface area contributed by atoms with Gasteiger partial charge in [0.05, 0.1) is 19.8 Å². The van der Waals surface area contributed by atoms with E-state index in [9.17, 15) is 0 Å². The Morgan fingerprint density at radius 1 is 0.870 bits per heavy atom. The van der Waals surface area contributed by atoms with Crippen LogP contribution in [0.5, 0.6) is 0 Å². The fraction of sp³-hybridized carbons (Fsp3) is 0.238. The van der Waals surface area contributed by atoms with E-state index in [0.29, 0.717) is 0 Å². The van der Waals surface area contributed by atoms with Crippen LogP contribution in [0.4, 0.5) is 0 Å². The fourth-order valence-electron chi connectivity index (χ4n) is 3.16. The van der Waals surface area contributed by atoms with Crippen LogP contribution in [0.3, 0.4) is 0 Å². The molecule has 0 atom stereocenters. The zero-order valence-corrected chi connectivity index (χ0v) is 13.1. The molecule has 1 aliphatic heterocycles. The fourth-order valence-corrected chi connectivity index (χ4v) is 3.16. The van der Waals surface area contributed by atoms with E-state index in [0.717, 1.165) is 38.4 Å². The van der Waals surface area contributed by atoms with Crippen LogP contribution in [-0.2, 0) is 4.74 Å². The van der Waals surface area contributed by atoms with Crippen molar-refractivity contribution in [1.82, 2.24) is 4.90 Å². The topological polar surface area (TPSA) is 12.5 Å². The van der Waals surface area contributed by atoms with Crippen molar-refractivity contribution in [3.05, 3.63) is 60.2 Å². The molecule has 0 spiro atoms. The first-order chi connectivity index (χ1) is 11.4. The Hall–Kier alpha value is -2.34. The maximum atomic E-state index is 5.38. The Labute approximate surface area is 136 Å². The summed E-state index contributed by atoms with van der Waals surface area (Å²) in [6.45, 7) is 4.41. The first-order valence-corrected chi connectivity index (χ1v) is 8.11. The van der Waals surface area contributed by atoms with Crippen LogP contribution < -0.4 is 0 Å². The van der Waals surface area contributed by atoms with Gasteiger partial charge >= 0.3 is 0 Å². The summed E-state index contributed by atoms with van der Waals surface area (Å²) in [5, 5.41) is 5.06. The normalized spacial score (nSPS) is 15.5. The minimum atomic E-state index is 0.810. The molecule has 0 unspecified atom stereocenters. The highest BCUT2D eigenvalue weighted by molar-refractivity contribution is 6.09. The highest BCUT2D eigenvalue weighted by Gasteiger charge is 2.08. The number of benzene rings is 3. The van der Waals surface area contributed by atoms with E-state index in [1.165, 1.54) is 21.5 Å². The molecule has 4 rings (SSSR count). The summed E-state index contributed by atoms with van der Waals surface area (Å²) in [4.78, 5) is 2.35. The Morgan fingerprint density at radius 2 is 1.57 bits per heavy atom. The van der Waals surface area contributed by atoms with Crippen molar-refractivity contribution in [2.24, 2.45) is 0 Å². The third-order valence-corrected chi connectivity index (χ3v) is 4.40. The standard InChI is InChI=1S/C21H19NO/c1-2-8-19-17(6-1)16-18(20-9-3-4-10-21(19)20)7-5-11-22-12-14-23-15-13-22/h1-4,6,8-10,16H,11-15H2. The number of ether oxygens (including phenoxy) is 1. The van der Waals surface area contributed by atoms with E-state index in [1.807, 2.05) is 0 Å². The molecule has 0 N–H and O–H groups in total. The van der Waals surface area contributed by atoms with Crippen LogP contribution in [0, 0.1) is 11.8 Å². The monoisotopic (exact) mass is 301 g/mol. The van der Waals surface area contributed by atoms with Crippen LogP contribution in [-0.4, -0.2) is 37.7 Å². The van der Waals surface area contributed by atoms with E-state index in [-0.39, 0.29) is 0 Å².